The number of morpholine rings is 1. The van der Waals surface area contributed by atoms with Gasteiger partial charge in [0.15, 0.2) is 17.3 Å². The van der Waals surface area contributed by atoms with E-state index in [-0.39, 0.29) is 5.78 Å². The molecule has 1 aromatic carbocycles. The van der Waals surface area contributed by atoms with Crippen molar-refractivity contribution in [2.45, 2.75) is 12.5 Å². The molecular weight excluding hydrogens is 412 g/mol. The molecule has 3 aliphatic rings. The van der Waals surface area contributed by atoms with Crippen LogP contribution in [0.1, 0.15) is 18.0 Å². The van der Waals surface area contributed by atoms with Gasteiger partial charge in [-0.15, -0.1) is 0 Å². The highest BCUT2D eigenvalue weighted by Crippen LogP contribution is 2.41. The number of hydrogen-bond donors (Lipinski definition) is 0. The lowest BCUT2D eigenvalue weighted by Crippen LogP contribution is -2.42. The third-order valence-electron chi connectivity index (χ3n) is 6.29. The number of allylic oxidation sites excluding steroid dienone is 4. The summed E-state index contributed by atoms with van der Waals surface area (Å²) in [6.07, 6.45) is 5.87. The van der Waals surface area contributed by atoms with E-state index in [2.05, 4.69) is 4.90 Å². The van der Waals surface area contributed by atoms with Crippen molar-refractivity contribution in [3.05, 3.63) is 47.6 Å². The van der Waals surface area contributed by atoms with E-state index in [1.54, 1.807) is 42.4 Å². The summed E-state index contributed by atoms with van der Waals surface area (Å²) in [5, 5.41) is 0. The minimum absolute atomic E-state index is 0.290. The molecule has 1 aromatic rings. The van der Waals surface area contributed by atoms with Crippen LogP contribution < -0.4 is 9.47 Å². The third kappa shape index (κ3) is 4.20. The normalized spacial score (nSPS) is 23.6. The number of carbonyl (C=O) groups excluding carboxylic acids is 3. The summed E-state index contributed by atoms with van der Waals surface area (Å²) in [6.45, 7) is 3.81. The highest BCUT2D eigenvalue weighted by molar-refractivity contribution is 6.44. The average molecular weight is 440 g/mol. The number of Topliss-reactive ketones (excluding diaryl/α,β-unsaturated/α-hetero) is 2. The Labute approximate surface area is 187 Å². The summed E-state index contributed by atoms with van der Waals surface area (Å²) in [5.74, 6) is -1.60. The molecular formula is C24H28N2O6. The van der Waals surface area contributed by atoms with Gasteiger partial charge < -0.3 is 19.1 Å². The lowest BCUT2D eigenvalue weighted by molar-refractivity contribution is -0.142. The first-order valence-corrected chi connectivity index (χ1v) is 10.8. The molecule has 8 nitrogen and oxygen atoms in total. The molecule has 0 radical (unpaired) electrons. The van der Waals surface area contributed by atoms with E-state index in [4.69, 9.17) is 14.2 Å². The number of ketones is 2. The van der Waals surface area contributed by atoms with Crippen LogP contribution in [0.4, 0.5) is 0 Å². The molecule has 1 amide bonds. The lowest BCUT2D eigenvalue weighted by Gasteiger charge is -2.32. The van der Waals surface area contributed by atoms with E-state index in [1.165, 1.54) is 7.11 Å². The number of benzene rings is 1. The molecule has 2 aliphatic heterocycles. The summed E-state index contributed by atoms with van der Waals surface area (Å²) >= 11 is 0. The van der Waals surface area contributed by atoms with Gasteiger partial charge in [0.1, 0.15) is 5.92 Å². The lowest BCUT2D eigenvalue weighted by atomic mass is 9.85. The molecule has 32 heavy (non-hydrogen) atoms. The quantitative estimate of drug-likeness (QED) is 0.448. The Morgan fingerprint density at radius 3 is 2.50 bits per heavy atom. The predicted octanol–water partition coefficient (Wildman–Crippen LogP) is 1.56. The van der Waals surface area contributed by atoms with Crippen LogP contribution in [0.5, 0.6) is 11.5 Å². The van der Waals surface area contributed by atoms with Crippen molar-refractivity contribution in [1.82, 2.24) is 9.80 Å². The number of methoxy groups -OCH3 is 2. The molecule has 1 aliphatic carbocycles. The molecule has 2 unspecified atom stereocenters. The molecule has 0 aromatic heterocycles. The third-order valence-corrected chi connectivity index (χ3v) is 6.29. The summed E-state index contributed by atoms with van der Waals surface area (Å²) in [4.78, 5) is 43.2. The maximum atomic E-state index is 13.3. The number of ether oxygens (including phenoxy) is 3. The van der Waals surface area contributed by atoms with Crippen molar-refractivity contribution in [2.24, 2.45) is 5.92 Å². The number of rotatable bonds is 8. The van der Waals surface area contributed by atoms with Gasteiger partial charge in [-0.25, -0.2) is 0 Å². The van der Waals surface area contributed by atoms with Crippen LogP contribution in [0.2, 0.25) is 0 Å². The Balaban J connectivity index is 1.68. The Morgan fingerprint density at radius 2 is 1.84 bits per heavy atom. The first-order chi connectivity index (χ1) is 15.5. The van der Waals surface area contributed by atoms with Gasteiger partial charge >= 0.3 is 0 Å². The molecule has 2 atom stereocenters. The zero-order valence-electron chi connectivity index (χ0n) is 18.4. The second-order valence-corrected chi connectivity index (χ2v) is 8.04. The Kier molecular flexibility index (Phi) is 6.72. The van der Waals surface area contributed by atoms with Gasteiger partial charge in [0.2, 0.25) is 5.78 Å². The predicted molar refractivity (Wildman–Crippen MR) is 117 cm³/mol. The van der Waals surface area contributed by atoms with Gasteiger partial charge in [-0.3, -0.25) is 19.3 Å². The molecule has 170 valence electrons. The van der Waals surface area contributed by atoms with E-state index in [0.717, 1.165) is 13.1 Å². The molecule has 0 bridgehead atoms. The van der Waals surface area contributed by atoms with Gasteiger partial charge in [0.25, 0.3) is 5.91 Å². The summed E-state index contributed by atoms with van der Waals surface area (Å²) < 4.78 is 16.2. The van der Waals surface area contributed by atoms with Gasteiger partial charge in [0, 0.05) is 26.2 Å². The fraction of sp³-hybridized carbons (Fsp3) is 0.458. The van der Waals surface area contributed by atoms with E-state index in [0.29, 0.717) is 55.4 Å². The van der Waals surface area contributed by atoms with Crippen molar-refractivity contribution in [3.63, 3.8) is 0 Å². The fourth-order valence-electron chi connectivity index (χ4n) is 4.54. The Bertz CT molecular complexity index is 963. The number of carbonyl (C=O) groups is 3. The van der Waals surface area contributed by atoms with E-state index >= 15 is 0 Å². The molecule has 0 spiro atoms. The highest BCUT2D eigenvalue weighted by Gasteiger charge is 2.52. The Morgan fingerprint density at radius 1 is 1.09 bits per heavy atom. The minimum Gasteiger partial charge on any atom is -0.493 e. The molecule has 8 heteroatoms. The van der Waals surface area contributed by atoms with Crippen LogP contribution in [0, 0.1) is 5.92 Å². The van der Waals surface area contributed by atoms with Crippen molar-refractivity contribution >= 4 is 17.5 Å². The SMILES string of the molecule is COc1ccc(C2C(C(=O)C3=CC=CC3)C(=O)C(=O)N2CCN2CCOCC2)cc1OC. The van der Waals surface area contributed by atoms with Crippen LogP contribution in [0.25, 0.3) is 0 Å². The maximum Gasteiger partial charge on any atom is 0.291 e. The molecule has 2 heterocycles. The van der Waals surface area contributed by atoms with Crippen molar-refractivity contribution < 1.29 is 28.6 Å². The van der Waals surface area contributed by atoms with Crippen LogP contribution in [0.15, 0.2) is 42.0 Å². The van der Waals surface area contributed by atoms with Crippen LogP contribution in [-0.2, 0) is 19.1 Å². The number of nitrogens with zero attached hydrogens (tertiary/aromatic N) is 2. The molecule has 4 rings (SSSR count). The first-order valence-electron chi connectivity index (χ1n) is 10.8. The van der Waals surface area contributed by atoms with Crippen molar-refractivity contribution in [1.29, 1.82) is 0 Å². The fourth-order valence-corrected chi connectivity index (χ4v) is 4.54. The second kappa shape index (κ2) is 9.67. The molecule has 0 N–H and O–H groups in total. The maximum absolute atomic E-state index is 13.3. The van der Waals surface area contributed by atoms with E-state index in [9.17, 15) is 14.4 Å². The van der Waals surface area contributed by atoms with Gasteiger partial charge in [-0.05, 0) is 29.7 Å². The van der Waals surface area contributed by atoms with E-state index < -0.39 is 23.7 Å². The molecule has 2 saturated heterocycles. The van der Waals surface area contributed by atoms with Gasteiger partial charge in [-0.1, -0.05) is 24.3 Å². The zero-order valence-corrected chi connectivity index (χ0v) is 18.4. The van der Waals surface area contributed by atoms with Crippen LogP contribution >= 0.6 is 0 Å². The molecule has 0 saturated carbocycles. The second-order valence-electron chi connectivity index (χ2n) is 8.04. The first kappa shape index (κ1) is 22.2. The Hall–Kier alpha value is -2.97. The number of likely N-dealkylation sites (tertiary alicyclic amines) is 1. The summed E-state index contributed by atoms with van der Waals surface area (Å²) in [5.41, 5.74) is 1.23. The van der Waals surface area contributed by atoms with Crippen LogP contribution in [-0.4, -0.2) is 80.9 Å². The zero-order chi connectivity index (χ0) is 22.7. The van der Waals surface area contributed by atoms with Gasteiger partial charge in [-0.2, -0.15) is 0 Å². The summed E-state index contributed by atoms with van der Waals surface area (Å²) in [7, 11) is 3.07. The topological polar surface area (TPSA) is 85.4 Å². The van der Waals surface area contributed by atoms with Crippen LogP contribution in [0.3, 0.4) is 0 Å². The smallest absolute Gasteiger partial charge is 0.291 e. The molecule has 2 fully saturated rings. The number of amides is 1. The van der Waals surface area contributed by atoms with E-state index in [1.807, 2.05) is 6.08 Å². The van der Waals surface area contributed by atoms with Gasteiger partial charge in [0.05, 0.1) is 33.5 Å². The largest absolute Gasteiger partial charge is 0.493 e. The monoisotopic (exact) mass is 440 g/mol. The summed E-state index contributed by atoms with van der Waals surface area (Å²) in [6, 6.07) is 4.59. The minimum atomic E-state index is -1.07. The van der Waals surface area contributed by atoms with Crippen molar-refractivity contribution in [2.75, 3.05) is 53.6 Å². The van der Waals surface area contributed by atoms with Crippen molar-refractivity contribution in [3.8, 4) is 11.5 Å². The highest BCUT2D eigenvalue weighted by atomic mass is 16.5. The average Bonchev–Trinajstić information content (AvgIpc) is 3.45. The standard InChI is InChI=1S/C24H28N2O6/c1-30-18-8-7-17(15-19(18)31-2)21-20(22(27)16-5-3-4-6-16)23(28)24(29)26(21)10-9-25-11-13-32-14-12-25/h3-5,7-8,15,20-21H,6,9-14H2,1-2H3. The number of hydrogen-bond acceptors (Lipinski definition) is 7.